The molecule has 1 aliphatic rings. The molecule has 8 nitrogen and oxygen atoms in total. The van der Waals surface area contributed by atoms with Crippen molar-refractivity contribution in [3.05, 3.63) is 64.2 Å². The fourth-order valence-electron chi connectivity index (χ4n) is 3.62. The molecule has 1 aromatic carbocycles. The lowest BCUT2D eigenvalue weighted by Gasteiger charge is -2.32. The lowest BCUT2D eigenvalue weighted by Crippen LogP contribution is -2.42. The van der Waals surface area contributed by atoms with Crippen LogP contribution in [0.2, 0.25) is 5.02 Å². The molecule has 0 spiro atoms. The number of carbonyl (C=O) groups excluding carboxylic acids is 1. The SMILES string of the molecule is Cc1c(C(=O)N2CCO[C@H](c3cc(CCOc4ccc(Cl)cc4)n(C)n3)C2)cnn1C. The molecule has 0 aliphatic carbocycles. The van der Waals surface area contributed by atoms with E-state index >= 15 is 0 Å². The Morgan fingerprint density at radius 1 is 1.26 bits per heavy atom. The van der Waals surface area contributed by atoms with Gasteiger partial charge in [0.15, 0.2) is 0 Å². The number of benzene rings is 1. The second kappa shape index (κ2) is 9.11. The lowest BCUT2D eigenvalue weighted by atomic mass is 10.1. The van der Waals surface area contributed by atoms with Gasteiger partial charge in [-0.2, -0.15) is 10.2 Å². The molecule has 1 atom stereocenters. The van der Waals surface area contributed by atoms with Crippen LogP contribution in [0.25, 0.3) is 0 Å². The number of aryl methyl sites for hydroxylation is 2. The molecule has 1 fully saturated rings. The van der Waals surface area contributed by atoms with Gasteiger partial charge in [0.25, 0.3) is 5.91 Å². The average Bonchev–Trinajstić information content (AvgIpc) is 3.31. The third-order valence-corrected chi connectivity index (χ3v) is 5.84. The van der Waals surface area contributed by atoms with Crippen LogP contribution in [0.3, 0.4) is 0 Å². The minimum absolute atomic E-state index is 0.0218. The largest absolute Gasteiger partial charge is 0.493 e. The van der Waals surface area contributed by atoms with E-state index in [0.29, 0.717) is 43.3 Å². The Kier molecular flexibility index (Phi) is 6.29. The Morgan fingerprint density at radius 2 is 2.03 bits per heavy atom. The van der Waals surface area contributed by atoms with E-state index in [-0.39, 0.29) is 12.0 Å². The maximum absolute atomic E-state index is 12.9. The topological polar surface area (TPSA) is 74.4 Å². The van der Waals surface area contributed by atoms with Crippen molar-refractivity contribution >= 4 is 17.5 Å². The van der Waals surface area contributed by atoms with Crippen molar-refractivity contribution in [3.63, 3.8) is 0 Å². The minimum Gasteiger partial charge on any atom is -0.493 e. The number of amides is 1. The maximum atomic E-state index is 12.9. The van der Waals surface area contributed by atoms with E-state index < -0.39 is 0 Å². The highest BCUT2D eigenvalue weighted by Crippen LogP contribution is 2.24. The second-order valence-electron chi connectivity index (χ2n) is 7.61. The fourth-order valence-corrected chi connectivity index (χ4v) is 3.74. The molecule has 0 N–H and O–H groups in total. The Balaban J connectivity index is 1.38. The van der Waals surface area contributed by atoms with Crippen LogP contribution in [0.15, 0.2) is 36.5 Å². The van der Waals surface area contributed by atoms with Crippen LogP contribution in [0, 0.1) is 6.92 Å². The monoisotopic (exact) mass is 443 g/mol. The first-order chi connectivity index (χ1) is 14.9. The highest BCUT2D eigenvalue weighted by Gasteiger charge is 2.29. The zero-order valence-electron chi connectivity index (χ0n) is 17.9. The van der Waals surface area contributed by atoms with Crippen molar-refractivity contribution in [2.45, 2.75) is 19.4 Å². The summed E-state index contributed by atoms with van der Waals surface area (Å²) in [7, 11) is 3.74. The molecule has 0 radical (unpaired) electrons. The molecule has 0 unspecified atom stereocenters. The smallest absolute Gasteiger partial charge is 0.257 e. The average molecular weight is 444 g/mol. The van der Waals surface area contributed by atoms with Crippen molar-refractivity contribution in [2.75, 3.05) is 26.3 Å². The first kappa shape index (κ1) is 21.4. The zero-order chi connectivity index (χ0) is 22.0. The molecular weight excluding hydrogens is 418 g/mol. The van der Waals surface area contributed by atoms with E-state index in [1.807, 2.05) is 48.8 Å². The fraction of sp³-hybridized carbons (Fsp3) is 0.409. The van der Waals surface area contributed by atoms with Gasteiger partial charge < -0.3 is 14.4 Å². The van der Waals surface area contributed by atoms with E-state index in [0.717, 1.165) is 22.8 Å². The first-order valence-electron chi connectivity index (χ1n) is 10.2. The van der Waals surface area contributed by atoms with Crippen molar-refractivity contribution < 1.29 is 14.3 Å². The molecular formula is C22H26ClN5O3. The molecule has 4 rings (SSSR count). The van der Waals surface area contributed by atoms with E-state index in [2.05, 4.69) is 10.2 Å². The van der Waals surface area contributed by atoms with Gasteiger partial charge in [0.2, 0.25) is 0 Å². The van der Waals surface area contributed by atoms with Crippen molar-refractivity contribution in [3.8, 4) is 5.75 Å². The predicted molar refractivity (Wildman–Crippen MR) is 116 cm³/mol. The highest BCUT2D eigenvalue weighted by atomic mass is 35.5. The Bertz CT molecular complexity index is 1060. The number of ether oxygens (including phenoxy) is 2. The Hall–Kier alpha value is -2.84. The summed E-state index contributed by atoms with van der Waals surface area (Å²) in [4.78, 5) is 14.8. The second-order valence-corrected chi connectivity index (χ2v) is 8.05. The van der Waals surface area contributed by atoms with Crippen LogP contribution >= 0.6 is 11.6 Å². The van der Waals surface area contributed by atoms with Gasteiger partial charge in [-0.3, -0.25) is 14.2 Å². The van der Waals surface area contributed by atoms with Crippen molar-refractivity contribution in [1.29, 1.82) is 0 Å². The molecule has 0 saturated carbocycles. The van der Waals surface area contributed by atoms with Crippen LogP contribution in [0.5, 0.6) is 5.75 Å². The molecule has 1 amide bonds. The van der Waals surface area contributed by atoms with Crippen LogP contribution in [0.1, 0.15) is 33.5 Å². The van der Waals surface area contributed by atoms with Gasteiger partial charge in [-0.1, -0.05) is 11.6 Å². The molecule has 0 bridgehead atoms. The van der Waals surface area contributed by atoms with E-state index in [9.17, 15) is 4.79 Å². The zero-order valence-corrected chi connectivity index (χ0v) is 18.7. The third-order valence-electron chi connectivity index (χ3n) is 5.59. The summed E-state index contributed by atoms with van der Waals surface area (Å²) in [6.45, 7) is 3.91. The number of halogens is 1. The van der Waals surface area contributed by atoms with Crippen LogP contribution in [-0.2, 0) is 25.3 Å². The maximum Gasteiger partial charge on any atom is 0.257 e. The van der Waals surface area contributed by atoms with Gasteiger partial charge in [0, 0.05) is 43.5 Å². The summed E-state index contributed by atoms with van der Waals surface area (Å²) < 4.78 is 15.3. The van der Waals surface area contributed by atoms with E-state index in [1.165, 1.54) is 0 Å². The summed E-state index contributed by atoms with van der Waals surface area (Å²) in [5.41, 5.74) is 3.35. The Labute approximate surface area is 186 Å². The highest BCUT2D eigenvalue weighted by molar-refractivity contribution is 6.30. The van der Waals surface area contributed by atoms with Gasteiger partial charge in [0.1, 0.15) is 11.9 Å². The molecule has 164 valence electrons. The van der Waals surface area contributed by atoms with E-state index in [1.54, 1.807) is 23.0 Å². The number of rotatable bonds is 6. The standard InChI is InChI=1S/C22H26ClN5O3/c1-15-19(13-24-26(15)2)22(29)28-9-11-31-21(14-28)20-12-17(27(3)25-20)8-10-30-18-6-4-16(23)5-7-18/h4-7,12-13,21H,8-11,14H2,1-3H3/t21-/m0/s1. The van der Waals surface area contributed by atoms with Gasteiger partial charge in [-0.05, 0) is 37.3 Å². The van der Waals surface area contributed by atoms with Gasteiger partial charge in [-0.25, -0.2) is 0 Å². The molecule has 2 aromatic heterocycles. The van der Waals surface area contributed by atoms with E-state index in [4.69, 9.17) is 21.1 Å². The molecule has 3 aromatic rings. The van der Waals surface area contributed by atoms with Gasteiger partial charge >= 0.3 is 0 Å². The number of aromatic nitrogens is 4. The molecule has 3 heterocycles. The Morgan fingerprint density at radius 3 is 2.74 bits per heavy atom. The molecule has 9 heteroatoms. The lowest BCUT2D eigenvalue weighted by molar-refractivity contribution is -0.0249. The number of morpholine rings is 1. The normalized spacial score (nSPS) is 16.5. The summed E-state index contributed by atoms with van der Waals surface area (Å²) >= 11 is 5.90. The molecule has 1 saturated heterocycles. The molecule has 1 aliphatic heterocycles. The summed E-state index contributed by atoms with van der Waals surface area (Å²) in [5.74, 6) is 0.758. The number of hydrogen-bond donors (Lipinski definition) is 0. The number of hydrogen-bond acceptors (Lipinski definition) is 5. The van der Waals surface area contributed by atoms with Crippen molar-refractivity contribution in [1.82, 2.24) is 24.5 Å². The summed E-state index contributed by atoms with van der Waals surface area (Å²) in [6, 6.07) is 9.34. The van der Waals surface area contributed by atoms with Crippen molar-refractivity contribution in [2.24, 2.45) is 14.1 Å². The van der Waals surface area contributed by atoms with Crippen LogP contribution in [0.4, 0.5) is 0 Å². The third kappa shape index (κ3) is 4.75. The first-order valence-corrected chi connectivity index (χ1v) is 10.6. The van der Waals surface area contributed by atoms with Gasteiger partial charge in [0.05, 0.1) is 37.2 Å². The van der Waals surface area contributed by atoms with Gasteiger partial charge in [-0.15, -0.1) is 0 Å². The van der Waals surface area contributed by atoms with Crippen LogP contribution < -0.4 is 4.74 Å². The summed E-state index contributed by atoms with van der Waals surface area (Å²) in [6.07, 6.45) is 2.07. The predicted octanol–water partition coefficient (Wildman–Crippen LogP) is 2.95. The number of carbonyl (C=O) groups is 1. The minimum atomic E-state index is -0.258. The quantitative estimate of drug-likeness (QED) is 0.585. The summed E-state index contributed by atoms with van der Waals surface area (Å²) in [5, 5.41) is 9.49. The molecule has 31 heavy (non-hydrogen) atoms. The number of nitrogens with zero attached hydrogens (tertiary/aromatic N) is 5. The van der Waals surface area contributed by atoms with Crippen LogP contribution in [-0.4, -0.2) is 56.7 Å².